The number of halogens is 2. The quantitative estimate of drug-likeness (QED) is 0.804. The summed E-state index contributed by atoms with van der Waals surface area (Å²) in [5.41, 5.74) is 5.25. The number of thiocarbonyl (C=S) groups is 1. The molecule has 0 radical (unpaired) electrons. The zero-order valence-electron chi connectivity index (χ0n) is 8.78. The Morgan fingerprint density at radius 1 is 1.41 bits per heavy atom. The molecule has 1 rings (SSSR count). The van der Waals surface area contributed by atoms with Crippen molar-refractivity contribution in [3.63, 3.8) is 0 Å². The van der Waals surface area contributed by atoms with Crippen LogP contribution in [0.25, 0.3) is 0 Å². The van der Waals surface area contributed by atoms with Crippen molar-refractivity contribution in [2.24, 2.45) is 5.73 Å². The molecule has 1 unspecified atom stereocenters. The molecule has 0 aliphatic carbocycles. The average molecular weight is 280 g/mol. The van der Waals surface area contributed by atoms with E-state index in [-0.39, 0.29) is 9.88 Å². The Hall–Kier alpha value is -1.12. The van der Waals surface area contributed by atoms with E-state index in [4.69, 9.17) is 5.73 Å². The van der Waals surface area contributed by atoms with Crippen molar-refractivity contribution in [1.82, 2.24) is 4.72 Å². The Morgan fingerprint density at radius 3 is 2.47 bits per heavy atom. The highest BCUT2D eigenvalue weighted by Gasteiger charge is 2.20. The molecule has 1 aromatic carbocycles. The van der Waals surface area contributed by atoms with Gasteiger partial charge in [-0.2, -0.15) is 0 Å². The lowest BCUT2D eigenvalue weighted by atomic mass is 10.3. The minimum Gasteiger partial charge on any atom is -0.392 e. The fourth-order valence-corrected chi connectivity index (χ4v) is 2.37. The van der Waals surface area contributed by atoms with Gasteiger partial charge in [-0.3, -0.25) is 0 Å². The maximum absolute atomic E-state index is 12.9. The molecule has 0 bridgehead atoms. The van der Waals surface area contributed by atoms with E-state index in [9.17, 15) is 17.2 Å². The van der Waals surface area contributed by atoms with Gasteiger partial charge in [0.1, 0.15) is 0 Å². The Labute approximate surface area is 103 Å². The molecule has 1 aromatic rings. The predicted octanol–water partition coefficient (Wildman–Crippen LogP) is 0.918. The predicted molar refractivity (Wildman–Crippen MR) is 62.9 cm³/mol. The van der Waals surface area contributed by atoms with Gasteiger partial charge in [-0.05, 0) is 25.1 Å². The largest absolute Gasteiger partial charge is 0.392 e. The molecule has 0 heterocycles. The molecule has 3 N–H and O–H groups in total. The Kier molecular flexibility index (Phi) is 4.12. The highest BCUT2D eigenvalue weighted by Crippen LogP contribution is 2.13. The molecule has 1 atom stereocenters. The number of nitrogens with one attached hydrogen (secondary N) is 1. The van der Waals surface area contributed by atoms with E-state index in [2.05, 4.69) is 16.9 Å². The van der Waals surface area contributed by atoms with Crippen molar-refractivity contribution >= 4 is 27.2 Å². The summed E-state index contributed by atoms with van der Waals surface area (Å²) in [6.07, 6.45) is 0. The van der Waals surface area contributed by atoms with Crippen molar-refractivity contribution in [1.29, 1.82) is 0 Å². The molecule has 94 valence electrons. The molecule has 0 fully saturated rings. The lowest BCUT2D eigenvalue weighted by Gasteiger charge is -2.12. The monoisotopic (exact) mass is 280 g/mol. The van der Waals surface area contributed by atoms with Crippen LogP contribution in [0.15, 0.2) is 23.1 Å². The van der Waals surface area contributed by atoms with Gasteiger partial charge >= 0.3 is 0 Å². The van der Waals surface area contributed by atoms with Crippen LogP contribution in [-0.4, -0.2) is 19.4 Å². The third-order valence-electron chi connectivity index (χ3n) is 1.96. The summed E-state index contributed by atoms with van der Waals surface area (Å²) in [5, 5.41) is 0. The Bertz CT molecular complexity index is 546. The molecule has 0 spiro atoms. The van der Waals surface area contributed by atoms with Crippen molar-refractivity contribution < 1.29 is 17.2 Å². The van der Waals surface area contributed by atoms with E-state index in [1.165, 1.54) is 6.92 Å². The number of rotatable bonds is 4. The fraction of sp³-hybridized carbons (Fsp3) is 0.222. The van der Waals surface area contributed by atoms with Crippen LogP contribution in [0.1, 0.15) is 6.92 Å². The summed E-state index contributed by atoms with van der Waals surface area (Å²) < 4.78 is 51.1. The summed E-state index contributed by atoms with van der Waals surface area (Å²) in [6.45, 7) is 1.44. The molecule has 0 saturated heterocycles. The highest BCUT2D eigenvalue weighted by molar-refractivity contribution is 7.89. The maximum atomic E-state index is 12.9. The number of hydrogen-bond acceptors (Lipinski definition) is 3. The van der Waals surface area contributed by atoms with Crippen LogP contribution in [0.4, 0.5) is 8.78 Å². The molecular weight excluding hydrogens is 270 g/mol. The molecule has 0 aliphatic heterocycles. The topological polar surface area (TPSA) is 72.2 Å². The Morgan fingerprint density at radius 2 is 2.00 bits per heavy atom. The van der Waals surface area contributed by atoms with Crippen LogP contribution in [-0.2, 0) is 10.0 Å². The van der Waals surface area contributed by atoms with Gasteiger partial charge in [-0.15, -0.1) is 0 Å². The van der Waals surface area contributed by atoms with Gasteiger partial charge in [0.05, 0.1) is 15.9 Å². The number of benzene rings is 1. The lowest BCUT2D eigenvalue weighted by Crippen LogP contribution is -2.41. The van der Waals surface area contributed by atoms with Gasteiger partial charge in [0.15, 0.2) is 11.6 Å². The van der Waals surface area contributed by atoms with E-state index in [1.807, 2.05) is 0 Å². The third kappa shape index (κ3) is 3.42. The minimum absolute atomic E-state index is 0.0452. The minimum atomic E-state index is -3.97. The fourth-order valence-electron chi connectivity index (χ4n) is 1.00. The molecular formula is C9H10F2N2O2S2. The molecule has 0 aromatic heterocycles. The maximum Gasteiger partial charge on any atom is 0.241 e. The van der Waals surface area contributed by atoms with E-state index in [0.717, 1.165) is 12.1 Å². The van der Waals surface area contributed by atoms with E-state index < -0.39 is 27.7 Å². The van der Waals surface area contributed by atoms with Crippen molar-refractivity contribution in [2.45, 2.75) is 17.9 Å². The van der Waals surface area contributed by atoms with Gasteiger partial charge in [0.2, 0.25) is 10.0 Å². The summed E-state index contributed by atoms with van der Waals surface area (Å²) in [5.74, 6) is -2.36. The van der Waals surface area contributed by atoms with Crippen molar-refractivity contribution in [3.05, 3.63) is 29.8 Å². The number of hydrogen-bond donors (Lipinski definition) is 2. The summed E-state index contributed by atoms with van der Waals surface area (Å²) in [6, 6.07) is 1.50. The third-order valence-corrected chi connectivity index (χ3v) is 3.85. The lowest BCUT2D eigenvalue weighted by molar-refractivity contribution is 0.504. The van der Waals surface area contributed by atoms with Crippen LogP contribution in [0.2, 0.25) is 0 Å². The molecule has 4 nitrogen and oxygen atoms in total. The van der Waals surface area contributed by atoms with E-state index >= 15 is 0 Å². The van der Waals surface area contributed by atoms with Crippen LogP contribution in [0.5, 0.6) is 0 Å². The van der Waals surface area contributed by atoms with Gasteiger partial charge in [-0.25, -0.2) is 21.9 Å². The highest BCUT2D eigenvalue weighted by atomic mass is 32.2. The second-order valence-corrected chi connectivity index (χ2v) is 5.51. The summed E-state index contributed by atoms with van der Waals surface area (Å²) in [4.78, 5) is -0.435. The second kappa shape index (κ2) is 5.03. The first kappa shape index (κ1) is 13.9. The molecule has 17 heavy (non-hydrogen) atoms. The Balaban J connectivity index is 3.05. The first-order valence-electron chi connectivity index (χ1n) is 4.51. The molecule has 0 saturated carbocycles. The van der Waals surface area contributed by atoms with Gasteiger partial charge in [0.25, 0.3) is 0 Å². The van der Waals surface area contributed by atoms with E-state index in [0.29, 0.717) is 6.07 Å². The molecule has 0 amide bonds. The van der Waals surface area contributed by atoms with E-state index in [1.54, 1.807) is 0 Å². The first-order valence-corrected chi connectivity index (χ1v) is 6.40. The van der Waals surface area contributed by atoms with Crippen molar-refractivity contribution in [3.8, 4) is 0 Å². The van der Waals surface area contributed by atoms with Gasteiger partial charge in [-0.1, -0.05) is 12.2 Å². The number of nitrogens with two attached hydrogens (primary N) is 1. The van der Waals surface area contributed by atoms with Crippen LogP contribution >= 0.6 is 12.2 Å². The molecule has 8 heteroatoms. The normalized spacial score (nSPS) is 13.4. The molecule has 0 aliphatic rings. The van der Waals surface area contributed by atoms with Crippen molar-refractivity contribution in [2.75, 3.05) is 0 Å². The van der Waals surface area contributed by atoms with Crippen LogP contribution in [0.3, 0.4) is 0 Å². The van der Waals surface area contributed by atoms with Crippen LogP contribution < -0.4 is 10.5 Å². The second-order valence-electron chi connectivity index (χ2n) is 3.32. The van der Waals surface area contributed by atoms with Gasteiger partial charge < -0.3 is 5.73 Å². The first-order chi connectivity index (χ1) is 7.74. The summed E-state index contributed by atoms with van der Waals surface area (Å²) >= 11 is 4.60. The zero-order chi connectivity index (χ0) is 13.2. The summed E-state index contributed by atoms with van der Waals surface area (Å²) in [7, 11) is -3.97. The zero-order valence-corrected chi connectivity index (χ0v) is 10.4. The number of sulfonamides is 1. The SMILES string of the molecule is CC(NS(=O)(=O)c1ccc(F)c(F)c1)C(N)=S. The van der Waals surface area contributed by atoms with Crippen LogP contribution in [0, 0.1) is 11.6 Å². The average Bonchev–Trinajstić information content (AvgIpc) is 2.21. The van der Waals surface area contributed by atoms with Gasteiger partial charge in [0, 0.05) is 0 Å². The smallest absolute Gasteiger partial charge is 0.241 e. The standard InChI is InChI=1S/C9H10F2N2O2S2/c1-5(9(12)16)13-17(14,15)6-2-3-7(10)8(11)4-6/h2-5,13H,1H3,(H2,12,16).